The standard InChI is InChI=1S/C44H42N2O3S/c1-32(38-25-15-23-36-20-13-14-24-39(36)38)46(3)43(50)44(2,45-42(47)37-21-11-6-12-22-37)29-35-26-27-40(48-30-33-16-7-4-8-17-33)41(28-35)49-31-34-18-9-5-10-19-34/h4-28,32H,29-31H2,1-3H3,(H,45,47). The summed E-state index contributed by atoms with van der Waals surface area (Å²) in [5.41, 5.74) is 3.88. The number of hydrogen-bond donors (Lipinski definition) is 1. The Hall–Kier alpha value is -5.46. The molecule has 0 heterocycles. The van der Waals surface area contributed by atoms with Crippen LogP contribution in [-0.2, 0) is 19.6 Å². The van der Waals surface area contributed by atoms with E-state index >= 15 is 0 Å². The van der Waals surface area contributed by atoms with Crippen molar-refractivity contribution in [2.24, 2.45) is 0 Å². The molecule has 0 aliphatic carbocycles. The minimum Gasteiger partial charge on any atom is -0.485 e. The van der Waals surface area contributed by atoms with Crippen LogP contribution < -0.4 is 14.8 Å². The van der Waals surface area contributed by atoms with Crippen molar-refractivity contribution in [1.29, 1.82) is 0 Å². The largest absolute Gasteiger partial charge is 0.485 e. The zero-order valence-electron chi connectivity index (χ0n) is 28.7. The van der Waals surface area contributed by atoms with Crippen molar-refractivity contribution in [1.82, 2.24) is 10.2 Å². The lowest BCUT2D eigenvalue weighted by molar-refractivity contribution is 0.0924. The fraction of sp³-hybridized carbons (Fsp3) is 0.182. The number of thiocarbonyl (C=S) groups is 1. The molecule has 0 aliphatic rings. The van der Waals surface area contributed by atoms with Gasteiger partial charge < -0.3 is 19.7 Å². The Kier molecular flexibility index (Phi) is 10.9. The molecule has 6 aromatic rings. The van der Waals surface area contributed by atoms with E-state index in [0.717, 1.165) is 16.7 Å². The van der Waals surface area contributed by atoms with Crippen LogP contribution in [0, 0.1) is 0 Å². The molecular weight excluding hydrogens is 637 g/mol. The molecule has 2 unspecified atom stereocenters. The number of ether oxygens (including phenoxy) is 2. The highest BCUT2D eigenvalue weighted by molar-refractivity contribution is 7.80. The van der Waals surface area contributed by atoms with Crippen LogP contribution in [0.1, 0.15) is 52.5 Å². The molecule has 0 aliphatic heterocycles. The number of carbonyl (C=O) groups is 1. The molecule has 6 rings (SSSR count). The summed E-state index contributed by atoms with van der Waals surface area (Å²) < 4.78 is 12.7. The molecule has 6 heteroatoms. The highest BCUT2D eigenvalue weighted by Gasteiger charge is 2.36. The maximum atomic E-state index is 13.8. The molecule has 0 saturated heterocycles. The lowest BCUT2D eigenvalue weighted by atomic mass is 9.89. The quantitative estimate of drug-likeness (QED) is 0.123. The molecule has 2 atom stereocenters. The van der Waals surface area contributed by atoms with Gasteiger partial charge in [0.25, 0.3) is 5.91 Å². The predicted octanol–water partition coefficient (Wildman–Crippen LogP) is 9.75. The molecular formula is C44H42N2O3S. The number of hydrogen-bond acceptors (Lipinski definition) is 4. The normalized spacial score (nSPS) is 12.8. The second-order valence-corrected chi connectivity index (χ2v) is 13.2. The number of benzene rings is 6. The summed E-state index contributed by atoms with van der Waals surface area (Å²) in [6.07, 6.45) is 0.428. The predicted molar refractivity (Wildman–Crippen MR) is 207 cm³/mol. The van der Waals surface area contributed by atoms with Gasteiger partial charge in [0.05, 0.1) is 11.6 Å². The van der Waals surface area contributed by atoms with Gasteiger partial charge in [-0.1, -0.05) is 140 Å². The van der Waals surface area contributed by atoms with Crippen molar-refractivity contribution in [3.8, 4) is 11.5 Å². The maximum Gasteiger partial charge on any atom is 0.252 e. The maximum absolute atomic E-state index is 13.8. The minimum absolute atomic E-state index is 0.0555. The zero-order chi connectivity index (χ0) is 34.9. The SMILES string of the molecule is CC(c1cccc2ccccc12)N(C)C(=S)C(C)(Cc1ccc(OCc2ccccc2)c(OCc2ccccc2)c1)NC(=O)c1ccccc1. The average Bonchev–Trinajstić information content (AvgIpc) is 3.16. The Morgan fingerprint density at radius 3 is 1.92 bits per heavy atom. The van der Waals surface area contributed by atoms with Gasteiger partial charge >= 0.3 is 0 Å². The average molecular weight is 679 g/mol. The topological polar surface area (TPSA) is 50.8 Å². The zero-order valence-corrected chi connectivity index (χ0v) is 29.5. The molecule has 0 radical (unpaired) electrons. The van der Waals surface area contributed by atoms with E-state index in [1.165, 1.54) is 16.3 Å². The third-order valence-electron chi connectivity index (χ3n) is 9.11. The molecule has 0 saturated carbocycles. The van der Waals surface area contributed by atoms with Gasteiger partial charge in [-0.25, -0.2) is 0 Å². The van der Waals surface area contributed by atoms with Gasteiger partial charge in [-0.3, -0.25) is 4.79 Å². The first kappa shape index (κ1) is 34.4. The van der Waals surface area contributed by atoms with Gasteiger partial charge in [-0.2, -0.15) is 0 Å². The Labute approximate surface area is 300 Å². The summed E-state index contributed by atoms with van der Waals surface area (Å²) in [5, 5.41) is 5.68. The first-order valence-corrected chi connectivity index (χ1v) is 17.3. The number of fused-ring (bicyclic) bond motifs is 1. The number of carbonyl (C=O) groups excluding carboxylic acids is 1. The molecule has 50 heavy (non-hydrogen) atoms. The number of amides is 1. The Balaban J connectivity index is 1.32. The van der Waals surface area contributed by atoms with Crippen LogP contribution in [0.4, 0.5) is 0 Å². The van der Waals surface area contributed by atoms with Gasteiger partial charge in [0, 0.05) is 19.0 Å². The van der Waals surface area contributed by atoms with E-state index < -0.39 is 5.54 Å². The van der Waals surface area contributed by atoms with Crippen molar-refractivity contribution >= 4 is 33.9 Å². The van der Waals surface area contributed by atoms with Gasteiger partial charge in [-0.05, 0) is 71.1 Å². The summed E-state index contributed by atoms with van der Waals surface area (Å²) in [6.45, 7) is 4.96. The molecule has 252 valence electrons. The van der Waals surface area contributed by atoms with Crippen molar-refractivity contribution < 1.29 is 14.3 Å². The Bertz CT molecular complexity index is 2050. The van der Waals surface area contributed by atoms with Crippen molar-refractivity contribution in [2.75, 3.05) is 7.05 Å². The van der Waals surface area contributed by atoms with Crippen LogP contribution in [-0.4, -0.2) is 28.4 Å². The van der Waals surface area contributed by atoms with Crippen LogP contribution in [0.2, 0.25) is 0 Å². The third-order valence-corrected chi connectivity index (χ3v) is 9.85. The molecule has 1 N–H and O–H groups in total. The number of rotatable bonds is 13. The monoisotopic (exact) mass is 678 g/mol. The Morgan fingerprint density at radius 1 is 0.700 bits per heavy atom. The van der Waals surface area contributed by atoms with E-state index in [1.54, 1.807) is 0 Å². The smallest absolute Gasteiger partial charge is 0.252 e. The molecule has 6 aromatic carbocycles. The van der Waals surface area contributed by atoms with Crippen LogP contribution >= 0.6 is 12.2 Å². The van der Waals surface area contributed by atoms with Gasteiger partial charge in [0.1, 0.15) is 18.2 Å². The van der Waals surface area contributed by atoms with Crippen molar-refractivity contribution in [3.05, 3.63) is 179 Å². The van der Waals surface area contributed by atoms with Gasteiger partial charge in [-0.15, -0.1) is 0 Å². The molecule has 0 spiro atoms. The van der Waals surface area contributed by atoms with E-state index in [-0.39, 0.29) is 11.9 Å². The molecule has 1 amide bonds. The molecule has 0 fully saturated rings. The highest BCUT2D eigenvalue weighted by Crippen LogP contribution is 2.34. The Morgan fingerprint density at radius 2 is 1.26 bits per heavy atom. The van der Waals surface area contributed by atoms with E-state index in [0.29, 0.717) is 41.7 Å². The van der Waals surface area contributed by atoms with Gasteiger partial charge in [0.15, 0.2) is 11.5 Å². The minimum atomic E-state index is -0.932. The first-order valence-electron chi connectivity index (χ1n) is 16.9. The van der Waals surface area contributed by atoms with Crippen LogP contribution in [0.5, 0.6) is 11.5 Å². The van der Waals surface area contributed by atoms with Crippen LogP contribution in [0.3, 0.4) is 0 Å². The number of nitrogens with zero attached hydrogens (tertiary/aromatic N) is 1. The summed E-state index contributed by atoms with van der Waals surface area (Å²) >= 11 is 6.30. The van der Waals surface area contributed by atoms with E-state index in [9.17, 15) is 4.79 Å². The second-order valence-electron chi connectivity index (χ2n) is 12.8. The third kappa shape index (κ3) is 8.21. The fourth-order valence-electron chi connectivity index (χ4n) is 6.25. The molecule has 5 nitrogen and oxygen atoms in total. The lowest BCUT2D eigenvalue weighted by Crippen LogP contribution is -2.58. The summed E-state index contributed by atoms with van der Waals surface area (Å²) in [7, 11) is 2.01. The summed E-state index contributed by atoms with van der Waals surface area (Å²) in [5.74, 6) is 1.08. The van der Waals surface area contributed by atoms with Crippen molar-refractivity contribution in [3.63, 3.8) is 0 Å². The first-order chi connectivity index (χ1) is 24.3. The van der Waals surface area contributed by atoms with E-state index in [2.05, 4.69) is 59.6 Å². The molecule has 0 bridgehead atoms. The number of likely N-dealkylation sites (N-methyl/N-ethyl adjacent to an activating group) is 1. The fourth-order valence-corrected chi connectivity index (χ4v) is 6.53. The van der Waals surface area contributed by atoms with Crippen molar-refractivity contribution in [2.45, 2.75) is 45.1 Å². The second kappa shape index (κ2) is 15.8. The number of nitrogens with one attached hydrogen (secondary N) is 1. The lowest BCUT2D eigenvalue weighted by Gasteiger charge is -2.39. The van der Waals surface area contributed by atoms with Gasteiger partial charge in [0.2, 0.25) is 0 Å². The van der Waals surface area contributed by atoms with E-state index in [4.69, 9.17) is 21.7 Å². The molecule has 0 aromatic heterocycles. The van der Waals surface area contributed by atoms with E-state index in [1.807, 2.05) is 123 Å². The summed E-state index contributed by atoms with van der Waals surface area (Å²) in [4.78, 5) is 16.5. The highest BCUT2D eigenvalue weighted by atomic mass is 32.1. The van der Waals surface area contributed by atoms with Crippen LogP contribution in [0.15, 0.2) is 152 Å². The van der Waals surface area contributed by atoms with Crippen LogP contribution in [0.25, 0.3) is 10.8 Å². The summed E-state index contributed by atoms with van der Waals surface area (Å²) in [6, 6.07) is 50.1.